The molecule has 2 rings (SSSR count). The van der Waals surface area contributed by atoms with Crippen LogP contribution in [0.2, 0.25) is 5.02 Å². The summed E-state index contributed by atoms with van der Waals surface area (Å²) in [5.41, 5.74) is 3.02. The molecule has 0 atom stereocenters. The number of nitrogens with zero attached hydrogens (tertiary/aromatic N) is 2. The van der Waals surface area contributed by atoms with Crippen LogP contribution in [0.3, 0.4) is 0 Å². The molecule has 1 N–H and O–H groups in total. The third-order valence-corrected chi connectivity index (χ3v) is 3.76. The molecule has 0 bridgehead atoms. The van der Waals surface area contributed by atoms with Crippen LogP contribution < -0.4 is 5.32 Å². The first-order chi connectivity index (χ1) is 10.4. The van der Waals surface area contributed by atoms with Crippen molar-refractivity contribution in [3.8, 4) is 0 Å². The molecule has 0 aliphatic rings. The van der Waals surface area contributed by atoms with Crippen LogP contribution in [0.1, 0.15) is 34.6 Å². The molecule has 0 saturated heterocycles. The lowest BCUT2D eigenvalue weighted by molar-refractivity contribution is -0.116. The van der Waals surface area contributed by atoms with Gasteiger partial charge < -0.3 is 5.32 Å². The summed E-state index contributed by atoms with van der Waals surface area (Å²) in [5, 5.41) is 7.48. The highest BCUT2D eigenvalue weighted by Gasteiger charge is 2.13. The van der Waals surface area contributed by atoms with Gasteiger partial charge in [-0.25, -0.2) is 4.68 Å². The van der Waals surface area contributed by atoms with Crippen molar-refractivity contribution in [2.75, 3.05) is 5.32 Å². The Morgan fingerprint density at radius 1 is 1.23 bits per heavy atom. The summed E-state index contributed by atoms with van der Waals surface area (Å²) < 4.78 is 1.34. The molecule has 0 spiro atoms. The monoisotopic (exact) mass is 319 g/mol. The molecule has 2 aromatic rings. The standard InChI is InChI=1S/C16H18ClN3O2/c1-10-9-11(2)20(19-10)16(22)8-7-15(21)18-14-6-4-5-13(17)12(14)3/h4-6,9H,7-8H2,1-3H3,(H,18,21). The van der Waals surface area contributed by atoms with E-state index < -0.39 is 0 Å². The molecule has 0 aliphatic heterocycles. The van der Waals surface area contributed by atoms with Crippen molar-refractivity contribution >= 4 is 29.1 Å². The van der Waals surface area contributed by atoms with E-state index in [1.54, 1.807) is 18.2 Å². The smallest absolute Gasteiger partial charge is 0.247 e. The van der Waals surface area contributed by atoms with E-state index in [1.807, 2.05) is 26.8 Å². The zero-order valence-electron chi connectivity index (χ0n) is 12.8. The van der Waals surface area contributed by atoms with Gasteiger partial charge in [0.05, 0.1) is 5.69 Å². The maximum absolute atomic E-state index is 12.1. The minimum absolute atomic E-state index is 0.100. The Morgan fingerprint density at radius 3 is 2.59 bits per heavy atom. The van der Waals surface area contributed by atoms with Crippen molar-refractivity contribution in [3.63, 3.8) is 0 Å². The van der Waals surface area contributed by atoms with Gasteiger partial charge in [-0.1, -0.05) is 17.7 Å². The van der Waals surface area contributed by atoms with Crippen molar-refractivity contribution in [2.24, 2.45) is 0 Å². The maximum atomic E-state index is 12.1. The summed E-state index contributed by atoms with van der Waals surface area (Å²) >= 11 is 6.01. The first-order valence-corrected chi connectivity index (χ1v) is 7.37. The minimum Gasteiger partial charge on any atom is -0.326 e. The highest BCUT2D eigenvalue weighted by molar-refractivity contribution is 6.31. The first-order valence-electron chi connectivity index (χ1n) is 7.00. The van der Waals surface area contributed by atoms with Gasteiger partial charge in [0.25, 0.3) is 0 Å². The summed E-state index contributed by atoms with van der Waals surface area (Å²) in [6, 6.07) is 7.14. The van der Waals surface area contributed by atoms with E-state index in [0.717, 1.165) is 17.0 Å². The molecule has 0 saturated carbocycles. The predicted octanol–water partition coefficient (Wildman–Crippen LogP) is 3.52. The van der Waals surface area contributed by atoms with Gasteiger partial charge in [0.1, 0.15) is 0 Å². The second-order valence-electron chi connectivity index (χ2n) is 5.19. The van der Waals surface area contributed by atoms with Crippen molar-refractivity contribution < 1.29 is 9.59 Å². The number of carbonyl (C=O) groups excluding carboxylic acids is 2. The normalized spacial score (nSPS) is 10.5. The second-order valence-corrected chi connectivity index (χ2v) is 5.60. The average molecular weight is 320 g/mol. The van der Waals surface area contributed by atoms with E-state index in [2.05, 4.69) is 10.4 Å². The number of hydrogen-bond acceptors (Lipinski definition) is 3. The van der Waals surface area contributed by atoms with Gasteiger partial charge in [-0.15, -0.1) is 0 Å². The average Bonchev–Trinajstić information content (AvgIpc) is 2.80. The zero-order valence-corrected chi connectivity index (χ0v) is 13.6. The van der Waals surface area contributed by atoms with Gasteiger partial charge in [0.2, 0.25) is 11.8 Å². The Hall–Kier alpha value is -2.14. The number of benzene rings is 1. The molecule has 0 fully saturated rings. The molecule has 5 nitrogen and oxygen atoms in total. The van der Waals surface area contributed by atoms with Crippen LogP contribution in [0.5, 0.6) is 0 Å². The van der Waals surface area contributed by atoms with E-state index >= 15 is 0 Å². The van der Waals surface area contributed by atoms with E-state index in [4.69, 9.17) is 11.6 Å². The van der Waals surface area contributed by atoms with Crippen molar-refractivity contribution in [3.05, 3.63) is 46.2 Å². The fourth-order valence-electron chi connectivity index (χ4n) is 2.16. The largest absolute Gasteiger partial charge is 0.326 e. The summed E-state index contributed by atoms with van der Waals surface area (Å²) in [5.74, 6) is -0.413. The SMILES string of the molecule is Cc1cc(C)n(C(=O)CCC(=O)Nc2cccc(Cl)c2C)n1. The second kappa shape index (κ2) is 6.75. The van der Waals surface area contributed by atoms with Crippen LogP contribution in [-0.2, 0) is 4.79 Å². The minimum atomic E-state index is -0.222. The number of rotatable bonds is 4. The van der Waals surface area contributed by atoms with Gasteiger partial charge in [-0.3, -0.25) is 9.59 Å². The van der Waals surface area contributed by atoms with Gasteiger partial charge in [-0.2, -0.15) is 5.10 Å². The number of amides is 1. The number of aromatic nitrogens is 2. The Morgan fingerprint density at radius 2 is 1.95 bits per heavy atom. The predicted molar refractivity (Wildman–Crippen MR) is 86.4 cm³/mol. The van der Waals surface area contributed by atoms with Gasteiger partial charge >= 0.3 is 0 Å². The lowest BCUT2D eigenvalue weighted by Gasteiger charge is -2.09. The number of anilines is 1. The van der Waals surface area contributed by atoms with Crippen LogP contribution in [0, 0.1) is 20.8 Å². The maximum Gasteiger partial charge on any atom is 0.247 e. The molecular weight excluding hydrogens is 302 g/mol. The Kier molecular flexibility index (Phi) is 4.98. The lowest BCUT2D eigenvalue weighted by Crippen LogP contribution is -2.18. The Balaban J connectivity index is 1.94. The van der Waals surface area contributed by atoms with Crippen LogP contribution in [0.4, 0.5) is 5.69 Å². The third kappa shape index (κ3) is 3.74. The van der Waals surface area contributed by atoms with Gasteiger partial charge in [0, 0.05) is 29.2 Å². The van der Waals surface area contributed by atoms with Gasteiger partial charge in [-0.05, 0) is 44.5 Å². The number of carbonyl (C=O) groups is 2. The zero-order chi connectivity index (χ0) is 16.3. The third-order valence-electron chi connectivity index (χ3n) is 3.35. The summed E-state index contributed by atoms with van der Waals surface area (Å²) in [7, 11) is 0. The summed E-state index contributed by atoms with van der Waals surface area (Å²) in [4.78, 5) is 24.0. The van der Waals surface area contributed by atoms with Crippen LogP contribution in [-0.4, -0.2) is 21.6 Å². The summed E-state index contributed by atoms with van der Waals surface area (Å²) in [6.45, 7) is 5.47. The molecule has 1 aromatic carbocycles. The lowest BCUT2D eigenvalue weighted by atomic mass is 10.2. The van der Waals surface area contributed by atoms with Gasteiger partial charge in [0.15, 0.2) is 0 Å². The highest BCUT2D eigenvalue weighted by Crippen LogP contribution is 2.23. The Bertz CT molecular complexity index is 722. The molecule has 0 radical (unpaired) electrons. The highest BCUT2D eigenvalue weighted by atomic mass is 35.5. The molecule has 6 heteroatoms. The van der Waals surface area contributed by atoms with E-state index in [1.165, 1.54) is 4.68 Å². The molecule has 1 aromatic heterocycles. The van der Waals surface area contributed by atoms with Crippen molar-refractivity contribution in [1.82, 2.24) is 9.78 Å². The molecule has 1 heterocycles. The van der Waals surface area contributed by atoms with Crippen LogP contribution in [0.25, 0.3) is 0 Å². The summed E-state index contributed by atoms with van der Waals surface area (Å²) in [6.07, 6.45) is 0.205. The van der Waals surface area contributed by atoms with Crippen molar-refractivity contribution in [2.45, 2.75) is 33.6 Å². The van der Waals surface area contributed by atoms with Crippen molar-refractivity contribution in [1.29, 1.82) is 0 Å². The number of nitrogens with one attached hydrogen (secondary N) is 1. The van der Waals surface area contributed by atoms with Crippen LogP contribution >= 0.6 is 11.6 Å². The molecular formula is C16H18ClN3O2. The number of hydrogen-bond donors (Lipinski definition) is 1. The molecule has 0 unspecified atom stereocenters. The molecule has 22 heavy (non-hydrogen) atoms. The number of aryl methyl sites for hydroxylation is 2. The van der Waals surface area contributed by atoms with E-state index in [0.29, 0.717) is 10.7 Å². The van der Waals surface area contributed by atoms with E-state index in [9.17, 15) is 9.59 Å². The Labute approximate surface area is 134 Å². The van der Waals surface area contributed by atoms with Crippen LogP contribution in [0.15, 0.2) is 24.3 Å². The molecule has 116 valence electrons. The topological polar surface area (TPSA) is 64.0 Å². The number of halogens is 1. The fourth-order valence-corrected chi connectivity index (χ4v) is 2.34. The first kappa shape index (κ1) is 16.2. The van der Waals surface area contributed by atoms with E-state index in [-0.39, 0.29) is 24.7 Å². The molecule has 0 aliphatic carbocycles. The molecule has 1 amide bonds. The quantitative estimate of drug-likeness (QED) is 0.937. The fraction of sp³-hybridized carbons (Fsp3) is 0.312.